The first-order chi connectivity index (χ1) is 21.3. The highest BCUT2D eigenvalue weighted by atomic mass is 32.1. The summed E-state index contributed by atoms with van der Waals surface area (Å²) in [6.07, 6.45) is 0. The lowest BCUT2D eigenvalue weighted by atomic mass is 10.0. The second kappa shape index (κ2) is 9.81. The summed E-state index contributed by atoms with van der Waals surface area (Å²) in [5, 5.41) is 8.05. The van der Waals surface area contributed by atoms with Crippen LogP contribution in [-0.2, 0) is 0 Å². The lowest BCUT2D eigenvalue weighted by Crippen LogP contribution is -2.09. The van der Waals surface area contributed by atoms with Gasteiger partial charge in [0.1, 0.15) is 0 Å². The Bertz CT molecular complexity index is 2440. The molecule has 0 atom stereocenters. The number of fused-ring (bicyclic) bond motifs is 9. The zero-order valence-electron chi connectivity index (χ0n) is 23.2. The molecular weight excluding hydrogens is 559 g/mol. The highest BCUT2D eigenvalue weighted by Gasteiger charge is 2.18. The van der Waals surface area contributed by atoms with Gasteiger partial charge in [-0.25, -0.2) is 0 Å². The van der Waals surface area contributed by atoms with E-state index in [0.717, 1.165) is 17.1 Å². The van der Waals surface area contributed by atoms with Crippen LogP contribution in [0.25, 0.3) is 62.2 Å². The SMILES string of the molecule is c1ccc(-c2ccc(N(c3ccccc3)c3ccc4sc5ccc6sc7c8ccccc8ccc7c6c5c4c3)cc2)cc1. The number of nitrogens with zero attached hydrogens (tertiary/aromatic N) is 1. The van der Waals surface area contributed by atoms with Crippen molar-refractivity contribution in [3.63, 3.8) is 0 Å². The van der Waals surface area contributed by atoms with E-state index in [9.17, 15) is 0 Å². The quantitative estimate of drug-likeness (QED) is 0.199. The maximum atomic E-state index is 2.40. The van der Waals surface area contributed by atoms with E-state index in [1.807, 2.05) is 22.7 Å². The molecule has 0 unspecified atom stereocenters. The average Bonchev–Trinajstić information content (AvgIpc) is 3.64. The summed E-state index contributed by atoms with van der Waals surface area (Å²) in [7, 11) is 0. The fraction of sp³-hybridized carbons (Fsp3) is 0. The predicted molar refractivity (Wildman–Crippen MR) is 190 cm³/mol. The van der Waals surface area contributed by atoms with Gasteiger partial charge in [-0.05, 0) is 76.5 Å². The molecule has 0 aliphatic carbocycles. The van der Waals surface area contributed by atoms with Crippen LogP contribution in [0.15, 0.2) is 152 Å². The van der Waals surface area contributed by atoms with Gasteiger partial charge in [-0.3, -0.25) is 0 Å². The van der Waals surface area contributed by atoms with Crippen LogP contribution >= 0.6 is 22.7 Å². The van der Waals surface area contributed by atoms with Crippen molar-refractivity contribution < 1.29 is 0 Å². The smallest absolute Gasteiger partial charge is 0.0468 e. The first kappa shape index (κ1) is 24.6. The molecule has 0 aliphatic rings. The van der Waals surface area contributed by atoms with E-state index in [-0.39, 0.29) is 0 Å². The number of anilines is 3. The van der Waals surface area contributed by atoms with E-state index in [4.69, 9.17) is 0 Å². The molecule has 202 valence electrons. The molecule has 0 saturated carbocycles. The van der Waals surface area contributed by atoms with Gasteiger partial charge in [-0.1, -0.05) is 97.1 Å². The van der Waals surface area contributed by atoms with Gasteiger partial charge in [0.15, 0.2) is 0 Å². The first-order valence-corrected chi connectivity index (χ1v) is 16.1. The van der Waals surface area contributed by atoms with Gasteiger partial charge < -0.3 is 4.90 Å². The Kier molecular flexibility index (Phi) is 5.62. The monoisotopic (exact) mass is 583 g/mol. The Hall–Kier alpha value is -4.96. The Morgan fingerprint density at radius 2 is 0.977 bits per heavy atom. The highest BCUT2D eigenvalue weighted by molar-refractivity contribution is 7.28. The molecule has 9 aromatic rings. The van der Waals surface area contributed by atoms with Crippen LogP contribution in [0, 0.1) is 0 Å². The summed E-state index contributed by atoms with van der Waals surface area (Å²) in [6.45, 7) is 0. The molecule has 2 heterocycles. The van der Waals surface area contributed by atoms with Crippen LogP contribution in [0.5, 0.6) is 0 Å². The molecule has 0 bridgehead atoms. The summed E-state index contributed by atoms with van der Waals surface area (Å²) in [5.41, 5.74) is 5.89. The lowest BCUT2D eigenvalue weighted by Gasteiger charge is -2.26. The summed E-state index contributed by atoms with van der Waals surface area (Å²) < 4.78 is 5.38. The zero-order chi connectivity index (χ0) is 28.3. The molecule has 2 aromatic heterocycles. The minimum Gasteiger partial charge on any atom is -0.310 e. The van der Waals surface area contributed by atoms with Crippen molar-refractivity contribution >= 4 is 90.9 Å². The number of benzene rings is 7. The average molecular weight is 584 g/mol. The van der Waals surface area contributed by atoms with Crippen LogP contribution in [0.3, 0.4) is 0 Å². The summed E-state index contributed by atoms with van der Waals surface area (Å²) in [5.74, 6) is 0. The Morgan fingerprint density at radius 1 is 0.372 bits per heavy atom. The Labute approximate surface area is 257 Å². The number of hydrogen-bond donors (Lipinski definition) is 0. The maximum absolute atomic E-state index is 2.40. The molecule has 0 fully saturated rings. The topological polar surface area (TPSA) is 3.24 Å². The fourth-order valence-electron chi connectivity index (χ4n) is 6.45. The molecule has 9 rings (SSSR count). The Morgan fingerprint density at radius 3 is 1.79 bits per heavy atom. The molecule has 7 aromatic carbocycles. The molecule has 0 radical (unpaired) electrons. The van der Waals surface area contributed by atoms with E-state index in [1.165, 1.54) is 62.2 Å². The first-order valence-electron chi connectivity index (χ1n) is 14.5. The number of rotatable bonds is 4. The molecule has 1 nitrogen and oxygen atoms in total. The summed E-state index contributed by atoms with van der Waals surface area (Å²) >= 11 is 3.81. The van der Waals surface area contributed by atoms with Crippen LogP contribution in [0.1, 0.15) is 0 Å². The van der Waals surface area contributed by atoms with Gasteiger partial charge in [0.25, 0.3) is 0 Å². The van der Waals surface area contributed by atoms with Crippen LogP contribution in [-0.4, -0.2) is 0 Å². The standard InChI is InChI=1S/C40H25NS2/c1-3-9-26(10-4-1)27-15-18-30(19-16-27)41(29-12-5-2-6-13-29)31-20-22-35-34(25-31)39-36(42-35)23-24-37-38(39)33-21-17-28-11-7-8-14-32(28)40(33)43-37/h1-25H. The molecule has 43 heavy (non-hydrogen) atoms. The molecule has 0 amide bonds. The Balaban J connectivity index is 1.27. The summed E-state index contributed by atoms with van der Waals surface area (Å²) in [6, 6.07) is 55.2. The zero-order valence-corrected chi connectivity index (χ0v) is 24.8. The number of hydrogen-bond acceptors (Lipinski definition) is 3. The second-order valence-electron chi connectivity index (χ2n) is 10.9. The number of para-hydroxylation sites is 1. The van der Waals surface area contributed by atoms with Crippen molar-refractivity contribution in [3.8, 4) is 11.1 Å². The molecule has 3 heteroatoms. The van der Waals surface area contributed by atoms with Crippen LogP contribution in [0.4, 0.5) is 17.1 Å². The number of thiophene rings is 2. The molecule has 0 aliphatic heterocycles. The van der Waals surface area contributed by atoms with Crippen molar-refractivity contribution in [2.75, 3.05) is 4.90 Å². The molecule has 0 N–H and O–H groups in total. The van der Waals surface area contributed by atoms with Gasteiger partial charge in [-0.2, -0.15) is 0 Å². The minimum absolute atomic E-state index is 1.14. The highest BCUT2D eigenvalue weighted by Crippen LogP contribution is 2.47. The second-order valence-corrected chi connectivity index (χ2v) is 13.1. The van der Waals surface area contributed by atoms with Crippen LogP contribution in [0.2, 0.25) is 0 Å². The molecule has 0 spiro atoms. The van der Waals surface area contributed by atoms with Gasteiger partial charge in [0.05, 0.1) is 0 Å². The predicted octanol–water partition coefficient (Wildman–Crippen LogP) is 12.7. The normalized spacial score (nSPS) is 11.7. The van der Waals surface area contributed by atoms with Crippen LogP contribution < -0.4 is 4.90 Å². The fourth-order valence-corrected chi connectivity index (χ4v) is 8.79. The van der Waals surface area contributed by atoms with Gasteiger partial charge in [0.2, 0.25) is 0 Å². The van der Waals surface area contributed by atoms with Gasteiger partial charge >= 0.3 is 0 Å². The van der Waals surface area contributed by atoms with Gasteiger partial charge in [0, 0.05) is 57.4 Å². The van der Waals surface area contributed by atoms with Crippen molar-refractivity contribution in [2.45, 2.75) is 0 Å². The van der Waals surface area contributed by atoms with E-state index < -0.39 is 0 Å². The van der Waals surface area contributed by atoms with Crippen molar-refractivity contribution in [1.29, 1.82) is 0 Å². The summed E-state index contributed by atoms with van der Waals surface area (Å²) in [4.78, 5) is 2.37. The third-order valence-electron chi connectivity index (χ3n) is 8.45. The van der Waals surface area contributed by atoms with E-state index in [0.29, 0.717) is 0 Å². The molecular formula is C40H25NS2. The maximum Gasteiger partial charge on any atom is 0.0468 e. The third kappa shape index (κ3) is 3.97. The largest absolute Gasteiger partial charge is 0.310 e. The van der Waals surface area contributed by atoms with Crippen molar-refractivity contribution in [1.82, 2.24) is 0 Å². The van der Waals surface area contributed by atoms with E-state index in [2.05, 4.69) is 157 Å². The van der Waals surface area contributed by atoms with Gasteiger partial charge in [-0.15, -0.1) is 22.7 Å². The van der Waals surface area contributed by atoms with Crippen molar-refractivity contribution in [3.05, 3.63) is 152 Å². The lowest BCUT2D eigenvalue weighted by molar-refractivity contribution is 1.29. The molecule has 0 saturated heterocycles. The van der Waals surface area contributed by atoms with E-state index >= 15 is 0 Å². The van der Waals surface area contributed by atoms with Crippen molar-refractivity contribution in [2.24, 2.45) is 0 Å². The minimum atomic E-state index is 1.14. The van der Waals surface area contributed by atoms with E-state index in [1.54, 1.807) is 0 Å². The third-order valence-corrected chi connectivity index (χ3v) is 10.8.